The molecule has 0 atom stereocenters. The number of amides is 1. The first-order chi connectivity index (χ1) is 8.20. The Hall–Kier alpha value is -1.29. The normalized spacial score (nSPS) is 12.8. The molecule has 0 saturated heterocycles. The van der Waals surface area contributed by atoms with Gasteiger partial charge in [0.25, 0.3) is 0 Å². The Labute approximate surface area is 109 Å². The number of ether oxygens (including phenoxy) is 1. The van der Waals surface area contributed by atoms with Gasteiger partial charge in [-0.15, -0.1) is 6.58 Å². The van der Waals surface area contributed by atoms with Gasteiger partial charge in [-0.05, 0) is 17.7 Å². The fraction of sp³-hybridized carbons (Fsp3) is 0.308. The lowest BCUT2D eigenvalue weighted by Crippen LogP contribution is -2.22. The first kappa shape index (κ1) is 12.2. The second-order valence-electron chi connectivity index (χ2n) is 3.92. The molecule has 17 heavy (non-hydrogen) atoms. The van der Waals surface area contributed by atoms with Crippen LogP contribution >= 0.6 is 15.9 Å². The second kappa shape index (κ2) is 5.36. The van der Waals surface area contributed by atoms with Crippen LogP contribution in [0.4, 0.5) is 0 Å². The lowest BCUT2D eigenvalue weighted by molar-refractivity contribution is -0.120. The Morgan fingerprint density at radius 2 is 2.41 bits per heavy atom. The van der Waals surface area contributed by atoms with E-state index < -0.39 is 0 Å². The summed E-state index contributed by atoms with van der Waals surface area (Å²) in [6.45, 7) is 4.75. The van der Waals surface area contributed by atoms with Gasteiger partial charge in [0.05, 0.1) is 6.61 Å². The number of rotatable bonds is 4. The predicted molar refractivity (Wildman–Crippen MR) is 70.0 cm³/mol. The number of carbonyl (C=O) groups is 1. The lowest BCUT2D eigenvalue weighted by atomic mass is 10.1. The molecule has 0 saturated carbocycles. The number of hydrogen-bond donors (Lipinski definition) is 1. The third-order valence-electron chi connectivity index (χ3n) is 2.63. The summed E-state index contributed by atoms with van der Waals surface area (Å²) in [5.41, 5.74) is 2.22. The Balaban J connectivity index is 2.10. The van der Waals surface area contributed by atoms with Crippen LogP contribution in [-0.4, -0.2) is 12.5 Å². The average Bonchev–Trinajstić information content (AvgIpc) is 2.74. The maximum absolute atomic E-state index is 11.4. The first-order valence-corrected chi connectivity index (χ1v) is 6.31. The standard InChI is InChI=1S/C13H14BrNO2/c1-2-3-12(16)15-8-10-7-11(14)6-9-4-5-17-13(9)10/h2,6-7H,1,3-5,8H2,(H,15,16). The molecule has 1 amide bonds. The van der Waals surface area contributed by atoms with Crippen LogP contribution in [0.5, 0.6) is 5.75 Å². The molecule has 1 aromatic rings. The number of halogens is 1. The van der Waals surface area contributed by atoms with Gasteiger partial charge in [0, 0.05) is 29.4 Å². The lowest BCUT2D eigenvalue weighted by Gasteiger charge is -2.09. The topological polar surface area (TPSA) is 38.3 Å². The minimum atomic E-state index is -0.0216. The molecule has 0 fully saturated rings. The van der Waals surface area contributed by atoms with E-state index in [1.165, 1.54) is 5.56 Å². The van der Waals surface area contributed by atoms with Crippen LogP contribution in [-0.2, 0) is 17.8 Å². The monoisotopic (exact) mass is 295 g/mol. The van der Waals surface area contributed by atoms with Crippen molar-refractivity contribution in [2.24, 2.45) is 0 Å². The molecule has 3 nitrogen and oxygen atoms in total. The van der Waals surface area contributed by atoms with Gasteiger partial charge >= 0.3 is 0 Å². The molecule has 0 radical (unpaired) electrons. The van der Waals surface area contributed by atoms with Crippen molar-refractivity contribution in [2.45, 2.75) is 19.4 Å². The quantitative estimate of drug-likeness (QED) is 0.867. The predicted octanol–water partition coefficient (Wildman–Crippen LogP) is 2.58. The zero-order valence-electron chi connectivity index (χ0n) is 9.46. The largest absolute Gasteiger partial charge is 0.493 e. The molecule has 0 spiro atoms. The first-order valence-electron chi connectivity index (χ1n) is 5.52. The zero-order valence-corrected chi connectivity index (χ0v) is 11.0. The summed E-state index contributed by atoms with van der Waals surface area (Å²) in [6, 6.07) is 4.05. The van der Waals surface area contributed by atoms with Crippen LogP contribution in [0.25, 0.3) is 0 Å². The summed E-state index contributed by atoms with van der Waals surface area (Å²) in [5, 5.41) is 2.85. The van der Waals surface area contributed by atoms with Crippen molar-refractivity contribution in [1.29, 1.82) is 0 Å². The minimum absolute atomic E-state index is 0.0216. The summed E-state index contributed by atoms with van der Waals surface area (Å²) in [5.74, 6) is 0.902. The molecule has 1 aromatic carbocycles. The van der Waals surface area contributed by atoms with E-state index in [4.69, 9.17) is 4.74 Å². The van der Waals surface area contributed by atoms with Crippen molar-refractivity contribution >= 4 is 21.8 Å². The highest BCUT2D eigenvalue weighted by Crippen LogP contribution is 2.32. The van der Waals surface area contributed by atoms with E-state index >= 15 is 0 Å². The molecule has 2 rings (SSSR count). The van der Waals surface area contributed by atoms with E-state index in [-0.39, 0.29) is 5.91 Å². The highest BCUT2D eigenvalue weighted by molar-refractivity contribution is 9.10. The van der Waals surface area contributed by atoms with E-state index in [0.29, 0.717) is 13.0 Å². The molecule has 0 unspecified atom stereocenters. The van der Waals surface area contributed by atoms with Crippen molar-refractivity contribution in [3.8, 4) is 5.75 Å². The summed E-state index contributed by atoms with van der Waals surface area (Å²) < 4.78 is 6.61. The van der Waals surface area contributed by atoms with Gasteiger partial charge in [-0.25, -0.2) is 0 Å². The molecular formula is C13H14BrNO2. The molecule has 0 aliphatic carbocycles. The summed E-state index contributed by atoms with van der Waals surface area (Å²) in [4.78, 5) is 11.4. The second-order valence-corrected chi connectivity index (χ2v) is 4.84. The molecule has 1 aliphatic rings. The van der Waals surface area contributed by atoms with Crippen LogP contribution in [0.1, 0.15) is 17.5 Å². The van der Waals surface area contributed by atoms with Crippen molar-refractivity contribution in [2.75, 3.05) is 6.61 Å². The number of benzene rings is 1. The van der Waals surface area contributed by atoms with Crippen LogP contribution in [0.15, 0.2) is 29.3 Å². The highest BCUT2D eigenvalue weighted by Gasteiger charge is 2.17. The number of nitrogens with one attached hydrogen (secondary N) is 1. The SMILES string of the molecule is C=CCC(=O)NCc1cc(Br)cc2c1OCC2. The van der Waals surface area contributed by atoms with Crippen molar-refractivity contribution in [1.82, 2.24) is 5.32 Å². The average molecular weight is 296 g/mol. The van der Waals surface area contributed by atoms with Crippen molar-refractivity contribution in [3.05, 3.63) is 40.4 Å². The van der Waals surface area contributed by atoms with E-state index in [0.717, 1.165) is 28.8 Å². The van der Waals surface area contributed by atoms with Gasteiger partial charge in [0.1, 0.15) is 5.75 Å². The maximum atomic E-state index is 11.4. The molecule has 1 heterocycles. The number of hydrogen-bond acceptors (Lipinski definition) is 2. The van der Waals surface area contributed by atoms with Crippen LogP contribution in [0.2, 0.25) is 0 Å². The van der Waals surface area contributed by atoms with Gasteiger partial charge in [0.2, 0.25) is 5.91 Å². The van der Waals surface area contributed by atoms with Gasteiger partial charge in [-0.2, -0.15) is 0 Å². The summed E-state index contributed by atoms with van der Waals surface area (Å²) in [7, 11) is 0. The molecule has 1 aliphatic heterocycles. The van der Waals surface area contributed by atoms with Crippen molar-refractivity contribution < 1.29 is 9.53 Å². The van der Waals surface area contributed by atoms with E-state index in [1.807, 2.05) is 6.07 Å². The van der Waals surface area contributed by atoms with Gasteiger partial charge in [0.15, 0.2) is 0 Å². The van der Waals surface area contributed by atoms with Crippen LogP contribution in [0.3, 0.4) is 0 Å². The molecule has 90 valence electrons. The van der Waals surface area contributed by atoms with Gasteiger partial charge in [-0.1, -0.05) is 22.0 Å². The van der Waals surface area contributed by atoms with Gasteiger partial charge < -0.3 is 10.1 Å². The Kier molecular flexibility index (Phi) is 3.84. The Morgan fingerprint density at radius 1 is 1.59 bits per heavy atom. The Bertz CT molecular complexity index is 457. The van der Waals surface area contributed by atoms with E-state index in [2.05, 4.69) is 33.9 Å². The Morgan fingerprint density at radius 3 is 3.18 bits per heavy atom. The summed E-state index contributed by atoms with van der Waals surface area (Å²) >= 11 is 3.47. The third kappa shape index (κ3) is 2.88. The number of carbonyl (C=O) groups excluding carboxylic acids is 1. The maximum Gasteiger partial charge on any atom is 0.224 e. The van der Waals surface area contributed by atoms with Gasteiger partial charge in [-0.3, -0.25) is 4.79 Å². The third-order valence-corrected chi connectivity index (χ3v) is 3.09. The smallest absolute Gasteiger partial charge is 0.224 e. The molecule has 4 heteroatoms. The summed E-state index contributed by atoms with van der Waals surface area (Å²) in [6.07, 6.45) is 2.87. The van der Waals surface area contributed by atoms with Crippen LogP contribution in [0, 0.1) is 0 Å². The molecular weight excluding hydrogens is 282 g/mol. The van der Waals surface area contributed by atoms with E-state index in [1.54, 1.807) is 6.08 Å². The molecule has 1 N–H and O–H groups in total. The number of fused-ring (bicyclic) bond motifs is 1. The molecule has 0 bridgehead atoms. The van der Waals surface area contributed by atoms with Crippen LogP contribution < -0.4 is 10.1 Å². The zero-order chi connectivity index (χ0) is 12.3. The minimum Gasteiger partial charge on any atom is -0.493 e. The fourth-order valence-electron chi connectivity index (χ4n) is 1.87. The fourth-order valence-corrected chi connectivity index (χ4v) is 2.43. The highest BCUT2D eigenvalue weighted by atomic mass is 79.9. The van der Waals surface area contributed by atoms with E-state index in [9.17, 15) is 4.79 Å². The molecule has 0 aromatic heterocycles. The van der Waals surface area contributed by atoms with Crippen molar-refractivity contribution in [3.63, 3.8) is 0 Å².